The predicted molar refractivity (Wildman–Crippen MR) is 120 cm³/mol. The molecule has 3 heterocycles. The number of carbonyl (C=O) groups excluding carboxylic acids is 1. The fourth-order valence-electron chi connectivity index (χ4n) is 3.77. The summed E-state index contributed by atoms with van der Waals surface area (Å²) in [5.41, 5.74) is 0.127. The number of benzene rings is 1. The minimum absolute atomic E-state index is 0.0229. The van der Waals surface area contributed by atoms with Crippen LogP contribution >= 0.6 is 0 Å². The number of ether oxygens (including phenoxy) is 1. The van der Waals surface area contributed by atoms with Crippen LogP contribution < -0.4 is 10.2 Å². The molecule has 1 amide bonds. The van der Waals surface area contributed by atoms with Gasteiger partial charge in [0.05, 0.1) is 30.6 Å². The van der Waals surface area contributed by atoms with Gasteiger partial charge in [0.2, 0.25) is 0 Å². The van der Waals surface area contributed by atoms with Gasteiger partial charge in [-0.25, -0.2) is 17.7 Å². The number of nitrogens with one attached hydrogen (secondary N) is 1. The van der Waals surface area contributed by atoms with Crippen molar-refractivity contribution in [1.29, 1.82) is 0 Å². The smallest absolute Gasteiger partial charge is 0.285 e. The Bertz CT molecular complexity index is 1100. The number of sulfonamides is 1. The van der Waals surface area contributed by atoms with Gasteiger partial charge in [-0.15, -0.1) is 0 Å². The molecule has 0 unspecified atom stereocenters. The Morgan fingerprint density at radius 2 is 1.71 bits per heavy atom. The molecule has 0 aliphatic carbocycles. The average Bonchev–Trinajstić information content (AvgIpc) is 2.94. The first-order valence-electron chi connectivity index (χ1n) is 10.1. The van der Waals surface area contributed by atoms with Crippen molar-refractivity contribution >= 4 is 32.3 Å². The quantitative estimate of drug-likeness (QED) is 0.778. The van der Waals surface area contributed by atoms with E-state index in [1.54, 1.807) is 63.4 Å². The molecule has 0 radical (unpaired) electrons. The summed E-state index contributed by atoms with van der Waals surface area (Å²) in [5, 5.41) is 3.03. The van der Waals surface area contributed by atoms with Crippen LogP contribution in [0, 0.1) is 0 Å². The third-order valence-corrected chi connectivity index (χ3v) is 7.27. The summed E-state index contributed by atoms with van der Waals surface area (Å²) in [5.74, 6) is 0.233. The van der Waals surface area contributed by atoms with Crippen LogP contribution in [-0.2, 0) is 19.6 Å². The van der Waals surface area contributed by atoms with Crippen LogP contribution in [-0.4, -0.2) is 55.5 Å². The summed E-state index contributed by atoms with van der Waals surface area (Å²) in [7, 11) is -4.02. The lowest BCUT2D eigenvalue weighted by Gasteiger charge is -2.30. The molecule has 0 saturated carbocycles. The lowest BCUT2D eigenvalue weighted by Crippen LogP contribution is -2.46. The maximum atomic E-state index is 13.4. The number of rotatable bonds is 4. The topological polar surface area (TPSA) is 91.8 Å². The van der Waals surface area contributed by atoms with E-state index in [0.29, 0.717) is 24.5 Å². The average molecular weight is 443 g/mol. The molecule has 9 heteroatoms. The highest BCUT2D eigenvalue weighted by molar-refractivity contribution is 7.99. The maximum Gasteiger partial charge on any atom is 0.285 e. The van der Waals surface area contributed by atoms with Gasteiger partial charge in [-0.05, 0) is 38.5 Å². The van der Waals surface area contributed by atoms with Crippen LogP contribution in [0.2, 0.25) is 0 Å². The molecule has 31 heavy (non-hydrogen) atoms. The highest BCUT2D eigenvalue weighted by Crippen LogP contribution is 2.39. The fourth-order valence-corrected chi connectivity index (χ4v) is 5.81. The lowest BCUT2D eigenvalue weighted by atomic mass is 10.1. The second-order valence-corrected chi connectivity index (χ2v) is 10.2. The fraction of sp³-hybridized carbons (Fsp3) is 0.364. The van der Waals surface area contributed by atoms with Crippen LogP contribution in [0.25, 0.3) is 4.91 Å². The second-order valence-electron chi connectivity index (χ2n) is 8.45. The van der Waals surface area contributed by atoms with E-state index in [1.165, 1.54) is 0 Å². The predicted octanol–water partition coefficient (Wildman–Crippen LogP) is 2.67. The van der Waals surface area contributed by atoms with E-state index >= 15 is 0 Å². The van der Waals surface area contributed by atoms with E-state index < -0.39 is 21.5 Å². The third kappa shape index (κ3) is 4.03. The van der Waals surface area contributed by atoms with Gasteiger partial charge in [0, 0.05) is 13.1 Å². The number of pyridine rings is 1. The number of anilines is 2. The molecule has 0 spiro atoms. The number of aromatic nitrogens is 1. The maximum absolute atomic E-state index is 13.4. The van der Waals surface area contributed by atoms with Crippen molar-refractivity contribution in [2.75, 3.05) is 36.5 Å². The Labute approximate surface area is 182 Å². The lowest BCUT2D eigenvalue weighted by molar-refractivity contribution is -0.124. The monoisotopic (exact) mass is 442 g/mol. The molecule has 0 bridgehead atoms. The zero-order chi connectivity index (χ0) is 22.2. The van der Waals surface area contributed by atoms with Crippen molar-refractivity contribution < 1.29 is 17.9 Å². The van der Waals surface area contributed by atoms with E-state index in [-0.39, 0.29) is 10.6 Å². The van der Waals surface area contributed by atoms with E-state index in [2.05, 4.69) is 15.2 Å². The molecule has 4 rings (SSSR count). The van der Waals surface area contributed by atoms with Crippen molar-refractivity contribution in [3.05, 3.63) is 59.9 Å². The van der Waals surface area contributed by atoms with E-state index in [1.807, 2.05) is 6.07 Å². The van der Waals surface area contributed by atoms with Gasteiger partial charge in [0.15, 0.2) is 0 Å². The van der Waals surface area contributed by atoms with Crippen LogP contribution in [0.5, 0.6) is 0 Å². The van der Waals surface area contributed by atoms with Crippen molar-refractivity contribution in [1.82, 2.24) is 9.29 Å². The van der Waals surface area contributed by atoms with Crippen molar-refractivity contribution in [3.63, 3.8) is 0 Å². The number of amides is 1. The second kappa shape index (κ2) is 7.97. The molecule has 2 aromatic rings. The highest BCUT2D eigenvalue weighted by atomic mass is 32.2. The van der Waals surface area contributed by atoms with Gasteiger partial charge < -0.3 is 15.0 Å². The number of hydrogen-bond donors (Lipinski definition) is 1. The molecular formula is C22H26N4O4S. The van der Waals surface area contributed by atoms with Crippen LogP contribution in [0.3, 0.4) is 0 Å². The van der Waals surface area contributed by atoms with Crippen LogP contribution in [0.1, 0.15) is 26.3 Å². The van der Waals surface area contributed by atoms with Crippen molar-refractivity contribution in [3.8, 4) is 0 Å². The molecule has 1 aromatic heterocycles. The van der Waals surface area contributed by atoms with Crippen molar-refractivity contribution in [2.45, 2.75) is 26.3 Å². The number of carbonyl (C=O) groups is 1. The van der Waals surface area contributed by atoms with E-state index in [4.69, 9.17) is 4.74 Å². The highest BCUT2D eigenvalue weighted by Gasteiger charge is 2.49. The molecule has 1 fully saturated rings. The summed E-state index contributed by atoms with van der Waals surface area (Å²) in [6.07, 6.45) is 1.61. The minimum Gasteiger partial charge on any atom is -0.378 e. The molecule has 1 aromatic carbocycles. The molecule has 8 nitrogen and oxygen atoms in total. The Kier molecular flexibility index (Phi) is 5.49. The van der Waals surface area contributed by atoms with E-state index in [9.17, 15) is 13.2 Å². The normalized spacial score (nSPS) is 19.1. The molecule has 164 valence electrons. The van der Waals surface area contributed by atoms with Gasteiger partial charge in [-0.2, -0.15) is 0 Å². The molecule has 2 aliphatic heterocycles. The van der Waals surface area contributed by atoms with Gasteiger partial charge >= 0.3 is 0 Å². The summed E-state index contributed by atoms with van der Waals surface area (Å²) in [6, 6.07) is 12.3. The van der Waals surface area contributed by atoms with E-state index in [0.717, 1.165) is 23.2 Å². The Morgan fingerprint density at radius 3 is 2.29 bits per heavy atom. The summed E-state index contributed by atoms with van der Waals surface area (Å²) >= 11 is 0. The summed E-state index contributed by atoms with van der Waals surface area (Å²) in [4.78, 5) is 19.8. The standard InChI is InChI=1S/C22H26N4O4S/c1-22(2,3)26-21(27)19(20(31(26,28)29)16-7-5-4-6-8-16)24-17-9-10-18(23-15-17)25-11-13-30-14-12-25/h4-10,15,24H,11-14H2,1-3H3. The summed E-state index contributed by atoms with van der Waals surface area (Å²) < 4.78 is 33.1. The zero-order valence-electron chi connectivity index (χ0n) is 17.8. The number of morpholine rings is 1. The largest absolute Gasteiger partial charge is 0.378 e. The number of nitrogens with zero attached hydrogens (tertiary/aromatic N) is 3. The molecule has 2 aliphatic rings. The van der Waals surface area contributed by atoms with Gasteiger partial charge in [0.25, 0.3) is 15.9 Å². The van der Waals surface area contributed by atoms with Crippen LogP contribution in [0.4, 0.5) is 11.5 Å². The molecular weight excluding hydrogens is 416 g/mol. The van der Waals surface area contributed by atoms with Crippen molar-refractivity contribution in [2.24, 2.45) is 0 Å². The van der Waals surface area contributed by atoms with Gasteiger partial charge in [-0.3, -0.25) is 4.79 Å². The first kappa shape index (κ1) is 21.3. The third-order valence-electron chi connectivity index (χ3n) is 5.12. The SMILES string of the molecule is CC(C)(C)N1C(=O)C(Nc2ccc(N3CCOCC3)nc2)=C(c2ccccc2)S1(=O)=O. The Balaban J connectivity index is 1.72. The van der Waals surface area contributed by atoms with Gasteiger partial charge in [-0.1, -0.05) is 30.3 Å². The van der Waals surface area contributed by atoms with Crippen LogP contribution in [0.15, 0.2) is 54.4 Å². The molecule has 1 saturated heterocycles. The molecule has 1 N–H and O–H groups in total. The Morgan fingerprint density at radius 1 is 1.03 bits per heavy atom. The minimum atomic E-state index is -4.02. The Hall–Kier alpha value is -2.91. The number of hydrogen-bond acceptors (Lipinski definition) is 7. The first-order valence-corrected chi connectivity index (χ1v) is 11.6. The zero-order valence-corrected chi connectivity index (χ0v) is 18.6. The first-order chi connectivity index (χ1) is 14.7. The summed E-state index contributed by atoms with van der Waals surface area (Å²) in [6.45, 7) is 7.95. The van der Waals surface area contributed by atoms with Gasteiger partial charge in [0.1, 0.15) is 16.4 Å². The molecule has 0 atom stereocenters.